The molecule has 0 aliphatic carbocycles. The van der Waals surface area contributed by atoms with Crippen LogP contribution >= 0.6 is 0 Å². The Hall–Kier alpha value is -2.15. The molecule has 25 heavy (non-hydrogen) atoms. The van der Waals surface area contributed by atoms with Gasteiger partial charge in [-0.1, -0.05) is 6.07 Å². The second-order valence-corrected chi connectivity index (χ2v) is 6.94. The van der Waals surface area contributed by atoms with Crippen LogP contribution in [-0.4, -0.2) is 60.5 Å². The maximum atomic E-state index is 13.6. The molecular weight excluding hydrogens is 323 g/mol. The van der Waals surface area contributed by atoms with Crippen LogP contribution < -0.4 is 10.6 Å². The summed E-state index contributed by atoms with van der Waals surface area (Å²) in [6.45, 7) is 4.25. The van der Waals surface area contributed by atoms with Crippen molar-refractivity contribution in [1.82, 2.24) is 15.1 Å². The van der Waals surface area contributed by atoms with Crippen LogP contribution in [0.2, 0.25) is 0 Å². The first-order valence-electron chi connectivity index (χ1n) is 8.74. The van der Waals surface area contributed by atoms with Crippen molar-refractivity contribution in [1.29, 1.82) is 0 Å². The molecule has 2 N–H and O–H groups in total. The molecule has 0 saturated carbocycles. The third kappa shape index (κ3) is 3.46. The van der Waals surface area contributed by atoms with Crippen molar-refractivity contribution in [2.24, 2.45) is 0 Å². The third-order valence-electron chi connectivity index (χ3n) is 5.41. The quantitative estimate of drug-likeness (QED) is 0.815. The lowest BCUT2D eigenvalue weighted by atomic mass is 9.85. The highest BCUT2D eigenvalue weighted by molar-refractivity contribution is 5.90. The summed E-state index contributed by atoms with van der Waals surface area (Å²) < 4.78 is 13.6. The molecule has 0 bridgehead atoms. The van der Waals surface area contributed by atoms with E-state index in [2.05, 4.69) is 15.5 Å². The Morgan fingerprint density at radius 3 is 2.68 bits per heavy atom. The van der Waals surface area contributed by atoms with Crippen molar-refractivity contribution < 1.29 is 14.0 Å². The number of hydrogen-bond acceptors (Lipinski definition) is 3. The first-order chi connectivity index (χ1) is 11.9. The van der Waals surface area contributed by atoms with Crippen molar-refractivity contribution in [2.45, 2.75) is 31.7 Å². The maximum absolute atomic E-state index is 13.6. The van der Waals surface area contributed by atoms with E-state index in [1.54, 1.807) is 24.0 Å². The zero-order valence-electron chi connectivity index (χ0n) is 14.8. The van der Waals surface area contributed by atoms with Gasteiger partial charge in [0.2, 0.25) is 5.91 Å². The van der Waals surface area contributed by atoms with E-state index in [-0.39, 0.29) is 17.8 Å². The molecule has 0 radical (unpaired) electrons. The number of benzene rings is 1. The lowest BCUT2D eigenvalue weighted by Gasteiger charge is -2.44. The normalized spacial score (nSPS) is 20.9. The van der Waals surface area contributed by atoms with Gasteiger partial charge in [0.05, 0.1) is 0 Å². The average molecular weight is 348 g/mol. The van der Waals surface area contributed by atoms with Crippen LogP contribution in [0, 0.1) is 12.7 Å². The van der Waals surface area contributed by atoms with Crippen LogP contribution in [0.1, 0.15) is 24.8 Å². The van der Waals surface area contributed by atoms with Crippen LogP contribution in [0.3, 0.4) is 0 Å². The Kier molecular flexibility index (Phi) is 4.94. The van der Waals surface area contributed by atoms with Gasteiger partial charge in [0.1, 0.15) is 11.4 Å². The molecule has 1 aromatic rings. The fraction of sp³-hybridized carbons (Fsp3) is 0.556. The van der Waals surface area contributed by atoms with Crippen LogP contribution in [0.25, 0.3) is 0 Å². The lowest BCUT2D eigenvalue weighted by Crippen LogP contribution is -2.61. The molecular formula is C18H25FN4O2. The van der Waals surface area contributed by atoms with Gasteiger partial charge in [0.25, 0.3) is 0 Å². The van der Waals surface area contributed by atoms with Crippen molar-refractivity contribution in [2.75, 3.05) is 38.5 Å². The highest BCUT2D eigenvalue weighted by atomic mass is 19.1. The molecule has 2 heterocycles. The van der Waals surface area contributed by atoms with E-state index < -0.39 is 5.54 Å². The number of piperidine rings is 1. The largest absolute Gasteiger partial charge is 0.354 e. The number of likely N-dealkylation sites (N-methyl/N-ethyl adjacent to an activating group) is 1. The molecule has 2 fully saturated rings. The molecule has 1 spiro atoms. The maximum Gasteiger partial charge on any atom is 0.321 e. The second kappa shape index (κ2) is 7.00. The highest BCUT2D eigenvalue weighted by Gasteiger charge is 2.46. The van der Waals surface area contributed by atoms with Gasteiger partial charge in [-0.15, -0.1) is 0 Å². The first kappa shape index (κ1) is 17.7. The highest BCUT2D eigenvalue weighted by Crippen LogP contribution is 2.30. The van der Waals surface area contributed by atoms with Crippen molar-refractivity contribution in [3.63, 3.8) is 0 Å². The summed E-state index contributed by atoms with van der Waals surface area (Å²) >= 11 is 0. The SMILES string of the molecule is Cc1ccc(NC(=O)N2CCC3(CC2)C(=O)NCCCN3C)cc1F. The Balaban J connectivity index is 1.64. The van der Waals surface area contributed by atoms with Crippen molar-refractivity contribution in [3.8, 4) is 0 Å². The van der Waals surface area contributed by atoms with Crippen LogP contribution in [-0.2, 0) is 4.79 Å². The fourth-order valence-electron chi connectivity index (χ4n) is 3.63. The minimum Gasteiger partial charge on any atom is -0.354 e. The minimum atomic E-state index is -0.525. The summed E-state index contributed by atoms with van der Waals surface area (Å²) in [4.78, 5) is 28.8. The van der Waals surface area contributed by atoms with Gasteiger partial charge in [-0.25, -0.2) is 9.18 Å². The summed E-state index contributed by atoms with van der Waals surface area (Å²) in [5, 5.41) is 5.73. The van der Waals surface area contributed by atoms with Gasteiger partial charge in [-0.2, -0.15) is 0 Å². The molecule has 2 aliphatic heterocycles. The average Bonchev–Trinajstić information content (AvgIpc) is 2.73. The molecule has 0 aromatic heterocycles. The van der Waals surface area contributed by atoms with E-state index in [9.17, 15) is 14.0 Å². The Morgan fingerprint density at radius 2 is 2.00 bits per heavy atom. The van der Waals surface area contributed by atoms with Gasteiger partial charge < -0.3 is 15.5 Å². The Labute approximate surface area is 147 Å². The molecule has 2 saturated heterocycles. The van der Waals surface area contributed by atoms with E-state index in [0.29, 0.717) is 43.7 Å². The lowest BCUT2D eigenvalue weighted by molar-refractivity contribution is -0.134. The number of rotatable bonds is 1. The monoisotopic (exact) mass is 348 g/mol. The molecule has 7 heteroatoms. The summed E-state index contributed by atoms with van der Waals surface area (Å²) in [5.74, 6) is -0.277. The molecule has 2 aliphatic rings. The number of anilines is 1. The Morgan fingerprint density at radius 1 is 1.28 bits per heavy atom. The number of nitrogens with zero attached hydrogens (tertiary/aromatic N) is 2. The second-order valence-electron chi connectivity index (χ2n) is 6.94. The zero-order chi connectivity index (χ0) is 18.0. The van der Waals surface area contributed by atoms with Gasteiger partial charge in [0.15, 0.2) is 0 Å². The molecule has 3 amide bonds. The predicted octanol–water partition coefficient (Wildman–Crippen LogP) is 1.95. The minimum absolute atomic E-state index is 0.0631. The summed E-state index contributed by atoms with van der Waals surface area (Å²) in [7, 11) is 1.98. The van der Waals surface area contributed by atoms with E-state index in [0.717, 1.165) is 13.0 Å². The summed E-state index contributed by atoms with van der Waals surface area (Å²) in [6.07, 6.45) is 2.14. The fourth-order valence-corrected chi connectivity index (χ4v) is 3.63. The molecule has 3 rings (SSSR count). The van der Waals surface area contributed by atoms with Gasteiger partial charge >= 0.3 is 6.03 Å². The Bertz CT molecular complexity index is 671. The number of carbonyl (C=O) groups excluding carboxylic acids is 2. The van der Waals surface area contributed by atoms with Crippen molar-refractivity contribution in [3.05, 3.63) is 29.6 Å². The van der Waals surface area contributed by atoms with E-state index in [4.69, 9.17) is 0 Å². The van der Waals surface area contributed by atoms with E-state index >= 15 is 0 Å². The molecule has 0 atom stereocenters. The topological polar surface area (TPSA) is 64.7 Å². The smallest absolute Gasteiger partial charge is 0.321 e. The van der Waals surface area contributed by atoms with Gasteiger partial charge in [-0.05, 0) is 50.9 Å². The van der Waals surface area contributed by atoms with Gasteiger partial charge in [0, 0.05) is 31.9 Å². The molecule has 6 nitrogen and oxygen atoms in total. The number of aryl methyl sites for hydroxylation is 1. The summed E-state index contributed by atoms with van der Waals surface area (Å²) in [6, 6.07) is 4.40. The standard InChI is InChI=1S/C18H25FN4O2/c1-13-4-5-14(12-15(13)19)21-17(25)23-10-6-18(7-11-23)16(24)20-8-3-9-22(18)2/h4-5,12H,3,6-11H2,1-2H3,(H,20,24)(H,21,25). The zero-order valence-corrected chi connectivity index (χ0v) is 14.8. The van der Waals surface area contributed by atoms with Gasteiger partial charge in [-0.3, -0.25) is 9.69 Å². The number of urea groups is 1. The van der Waals surface area contributed by atoms with Crippen LogP contribution in [0.5, 0.6) is 0 Å². The number of carbonyl (C=O) groups is 2. The number of halogens is 1. The molecule has 1 aromatic carbocycles. The number of nitrogens with one attached hydrogen (secondary N) is 2. The number of amides is 3. The predicted molar refractivity (Wildman–Crippen MR) is 94.0 cm³/mol. The van der Waals surface area contributed by atoms with E-state index in [1.165, 1.54) is 6.07 Å². The van der Waals surface area contributed by atoms with E-state index in [1.807, 2.05) is 7.05 Å². The van der Waals surface area contributed by atoms with Crippen LogP contribution in [0.4, 0.5) is 14.9 Å². The first-order valence-corrected chi connectivity index (χ1v) is 8.74. The summed E-state index contributed by atoms with van der Waals surface area (Å²) in [5.41, 5.74) is 0.460. The van der Waals surface area contributed by atoms with Crippen LogP contribution in [0.15, 0.2) is 18.2 Å². The number of likely N-dealkylation sites (tertiary alicyclic amines) is 1. The molecule has 0 unspecified atom stereocenters. The van der Waals surface area contributed by atoms with Crippen molar-refractivity contribution >= 4 is 17.6 Å². The number of hydrogen-bond donors (Lipinski definition) is 2. The molecule has 136 valence electrons. The third-order valence-corrected chi connectivity index (χ3v) is 5.41.